The van der Waals surface area contributed by atoms with Crippen molar-refractivity contribution < 1.29 is 5.11 Å². The van der Waals surface area contributed by atoms with Crippen LogP contribution in [0.25, 0.3) is 0 Å². The molecule has 1 atom stereocenters. The lowest BCUT2D eigenvalue weighted by Crippen LogP contribution is -2.10. The van der Waals surface area contributed by atoms with Crippen molar-refractivity contribution in [3.63, 3.8) is 0 Å². The molecule has 0 aliphatic carbocycles. The van der Waals surface area contributed by atoms with E-state index in [4.69, 9.17) is 10.8 Å². The fraction of sp³-hybridized carbons (Fsp3) is 0.375. The zero-order valence-electron chi connectivity index (χ0n) is 6.79. The maximum atomic E-state index is 8.98. The number of aromatic nitrogens is 1. The highest BCUT2D eigenvalue weighted by Crippen LogP contribution is 2.17. The quantitative estimate of drug-likeness (QED) is 0.807. The molecule has 0 saturated carbocycles. The molecule has 12 heavy (non-hydrogen) atoms. The molecule has 0 aromatic carbocycles. The minimum absolute atomic E-state index is 0.0245. The molecule has 66 valence electrons. The molecule has 0 bridgehead atoms. The first-order valence-corrected chi connectivity index (χ1v) is 4.45. The molecule has 0 unspecified atom stereocenters. The molecule has 1 rings (SSSR count). The van der Waals surface area contributed by atoms with E-state index in [9.17, 15) is 0 Å². The smallest absolute Gasteiger partial charge is 0.0700 e. The van der Waals surface area contributed by atoms with Crippen molar-refractivity contribution in [3.8, 4) is 0 Å². The van der Waals surface area contributed by atoms with Gasteiger partial charge in [-0.15, -0.1) is 0 Å². The Morgan fingerprint density at radius 1 is 1.75 bits per heavy atom. The Hall–Kier alpha value is -0.450. The number of hydrogen-bond acceptors (Lipinski definition) is 3. The van der Waals surface area contributed by atoms with Gasteiger partial charge in [0.2, 0.25) is 0 Å². The highest BCUT2D eigenvalue weighted by Gasteiger charge is 2.07. The second kappa shape index (κ2) is 3.98. The van der Waals surface area contributed by atoms with Gasteiger partial charge in [0, 0.05) is 22.3 Å². The zero-order chi connectivity index (χ0) is 9.14. The number of halogens is 1. The summed E-state index contributed by atoms with van der Waals surface area (Å²) in [4.78, 5) is 4.12. The summed E-state index contributed by atoms with van der Waals surface area (Å²) in [7, 11) is 0. The average Bonchev–Trinajstić information content (AvgIpc) is 2.03. The van der Waals surface area contributed by atoms with Crippen molar-refractivity contribution in [2.75, 3.05) is 0 Å². The van der Waals surface area contributed by atoms with Gasteiger partial charge in [-0.2, -0.15) is 0 Å². The van der Waals surface area contributed by atoms with E-state index in [-0.39, 0.29) is 12.6 Å². The van der Waals surface area contributed by atoms with Gasteiger partial charge in [0.15, 0.2) is 0 Å². The average molecular weight is 231 g/mol. The van der Waals surface area contributed by atoms with E-state index in [2.05, 4.69) is 20.9 Å². The Labute approximate surface area is 79.7 Å². The lowest BCUT2D eigenvalue weighted by Gasteiger charge is -2.09. The Balaban J connectivity index is 3.11. The highest BCUT2D eigenvalue weighted by molar-refractivity contribution is 9.10. The van der Waals surface area contributed by atoms with E-state index in [1.165, 1.54) is 0 Å². The van der Waals surface area contributed by atoms with Crippen molar-refractivity contribution in [2.24, 2.45) is 5.73 Å². The van der Waals surface area contributed by atoms with Crippen LogP contribution >= 0.6 is 15.9 Å². The van der Waals surface area contributed by atoms with Crippen molar-refractivity contribution >= 4 is 15.9 Å². The van der Waals surface area contributed by atoms with E-state index in [1.807, 2.05) is 13.0 Å². The van der Waals surface area contributed by atoms with Crippen LogP contribution in [0.3, 0.4) is 0 Å². The van der Waals surface area contributed by atoms with Crippen LogP contribution < -0.4 is 5.73 Å². The van der Waals surface area contributed by atoms with Gasteiger partial charge in [-0.3, -0.25) is 4.98 Å². The van der Waals surface area contributed by atoms with E-state index in [0.717, 1.165) is 15.7 Å². The van der Waals surface area contributed by atoms with Gasteiger partial charge < -0.3 is 10.8 Å². The number of pyridine rings is 1. The Kier molecular flexibility index (Phi) is 3.20. The summed E-state index contributed by atoms with van der Waals surface area (Å²) in [6.07, 6.45) is 1.68. The largest absolute Gasteiger partial charge is 0.392 e. The molecule has 0 amide bonds. The Morgan fingerprint density at radius 3 is 2.92 bits per heavy atom. The minimum Gasteiger partial charge on any atom is -0.392 e. The maximum absolute atomic E-state index is 8.98. The van der Waals surface area contributed by atoms with Gasteiger partial charge in [-0.25, -0.2) is 0 Å². The summed E-state index contributed by atoms with van der Waals surface area (Å²) in [6, 6.07) is 1.69. The topological polar surface area (TPSA) is 59.1 Å². The summed E-state index contributed by atoms with van der Waals surface area (Å²) in [6.45, 7) is 1.82. The third-order valence-electron chi connectivity index (χ3n) is 1.57. The summed E-state index contributed by atoms with van der Waals surface area (Å²) in [5, 5.41) is 8.98. The Morgan fingerprint density at radius 2 is 2.42 bits per heavy atom. The molecule has 3 N–H and O–H groups in total. The molecule has 1 heterocycles. The third kappa shape index (κ3) is 2.03. The summed E-state index contributed by atoms with van der Waals surface area (Å²) in [5.74, 6) is 0. The maximum Gasteiger partial charge on any atom is 0.0700 e. The number of hydrogen-bond donors (Lipinski definition) is 2. The van der Waals surface area contributed by atoms with Gasteiger partial charge >= 0.3 is 0 Å². The molecule has 1 aromatic rings. The molecule has 4 heteroatoms. The monoisotopic (exact) mass is 230 g/mol. The van der Waals surface area contributed by atoms with Crippen LogP contribution in [-0.4, -0.2) is 10.1 Å². The summed E-state index contributed by atoms with van der Waals surface area (Å²) >= 11 is 3.27. The van der Waals surface area contributed by atoms with Gasteiger partial charge in [0.05, 0.1) is 12.3 Å². The molecular formula is C8H11BrN2O. The SMILES string of the molecule is C[C@H](N)c1ncc(Br)cc1CO. The predicted octanol–water partition coefficient (Wildman–Crippen LogP) is 1.36. The fourth-order valence-electron chi connectivity index (χ4n) is 1.03. The van der Waals surface area contributed by atoms with Crippen LogP contribution in [0.15, 0.2) is 16.7 Å². The lowest BCUT2D eigenvalue weighted by atomic mass is 10.1. The van der Waals surface area contributed by atoms with E-state index >= 15 is 0 Å². The van der Waals surface area contributed by atoms with E-state index < -0.39 is 0 Å². The molecule has 3 nitrogen and oxygen atoms in total. The molecular weight excluding hydrogens is 220 g/mol. The van der Waals surface area contributed by atoms with Gasteiger partial charge in [-0.1, -0.05) is 0 Å². The number of aliphatic hydroxyl groups excluding tert-OH is 1. The first kappa shape index (κ1) is 9.64. The van der Waals surface area contributed by atoms with Gasteiger partial charge in [0.1, 0.15) is 0 Å². The molecule has 0 radical (unpaired) electrons. The van der Waals surface area contributed by atoms with Crippen LogP contribution in [0.2, 0.25) is 0 Å². The number of nitrogens with zero attached hydrogens (tertiary/aromatic N) is 1. The number of rotatable bonds is 2. The standard InChI is InChI=1S/C8H11BrN2O/c1-5(10)8-6(4-12)2-7(9)3-11-8/h2-3,5,12H,4,10H2,1H3/t5-/m0/s1. The molecule has 0 saturated heterocycles. The highest BCUT2D eigenvalue weighted by atomic mass is 79.9. The fourth-order valence-corrected chi connectivity index (χ4v) is 1.41. The molecule has 0 aliphatic heterocycles. The van der Waals surface area contributed by atoms with Crippen molar-refractivity contribution in [2.45, 2.75) is 19.6 Å². The van der Waals surface area contributed by atoms with Crippen molar-refractivity contribution in [1.29, 1.82) is 0 Å². The molecule has 0 aliphatic rings. The van der Waals surface area contributed by atoms with Crippen LogP contribution in [0.4, 0.5) is 0 Å². The van der Waals surface area contributed by atoms with Crippen LogP contribution in [-0.2, 0) is 6.61 Å². The first-order chi connectivity index (χ1) is 5.65. The first-order valence-electron chi connectivity index (χ1n) is 3.66. The minimum atomic E-state index is -0.139. The third-order valence-corrected chi connectivity index (χ3v) is 2.00. The zero-order valence-corrected chi connectivity index (χ0v) is 8.37. The normalized spacial score (nSPS) is 13.0. The van der Waals surface area contributed by atoms with Gasteiger partial charge in [-0.05, 0) is 28.9 Å². The molecule has 1 aromatic heterocycles. The number of nitrogens with two attached hydrogens (primary N) is 1. The van der Waals surface area contributed by atoms with Crippen LogP contribution in [0.1, 0.15) is 24.2 Å². The summed E-state index contributed by atoms with van der Waals surface area (Å²) < 4.78 is 0.857. The Bertz CT molecular complexity index is 276. The second-order valence-electron chi connectivity index (χ2n) is 2.64. The van der Waals surface area contributed by atoms with Crippen molar-refractivity contribution in [1.82, 2.24) is 4.98 Å². The summed E-state index contributed by atoms with van der Waals surface area (Å²) in [5.41, 5.74) is 7.18. The lowest BCUT2D eigenvalue weighted by molar-refractivity contribution is 0.279. The van der Waals surface area contributed by atoms with E-state index in [0.29, 0.717) is 0 Å². The van der Waals surface area contributed by atoms with Gasteiger partial charge in [0.25, 0.3) is 0 Å². The number of aliphatic hydroxyl groups is 1. The van der Waals surface area contributed by atoms with Crippen LogP contribution in [0.5, 0.6) is 0 Å². The van der Waals surface area contributed by atoms with Crippen LogP contribution in [0, 0.1) is 0 Å². The molecule has 0 fully saturated rings. The predicted molar refractivity (Wildman–Crippen MR) is 50.5 cm³/mol. The second-order valence-corrected chi connectivity index (χ2v) is 3.56. The van der Waals surface area contributed by atoms with E-state index in [1.54, 1.807) is 6.20 Å². The molecule has 0 spiro atoms. The van der Waals surface area contributed by atoms with Crippen molar-refractivity contribution in [3.05, 3.63) is 28.0 Å².